The minimum absolute atomic E-state index is 0.0232. The molecule has 0 unspecified atom stereocenters. The molecule has 1 aromatic carbocycles. The average molecular weight is 234 g/mol. The smallest absolute Gasteiger partial charge is 0.270 e. The lowest BCUT2D eigenvalue weighted by atomic mass is 10.2. The van der Waals surface area contributed by atoms with Gasteiger partial charge in [0.2, 0.25) is 5.88 Å². The van der Waals surface area contributed by atoms with Crippen LogP contribution in [0.1, 0.15) is 0 Å². The van der Waals surface area contributed by atoms with E-state index in [0.717, 1.165) is 0 Å². The first-order valence-electron chi connectivity index (χ1n) is 4.94. The van der Waals surface area contributed by atoms with E-state index in [1.807, 2.05) is 0 Å². The number of nitro benzene ring substituents is 1. The van der Waals surface area contributed by atoms with Crippen LogP contribution in [-0.4, -0.2) is 28.0 Å². The van der Waals surface area contributed by atoms with Gasteiger partial charge in [0.1, 0.15) is 12.9 Å². The van der Waals surface area contributed by atoms with Gasteiger partial charge in [-0.1, -0.05) is 0 Å². The van der Waals surface area contributed by atoms with Crippen LogP contribution in [0.15, 0.2) is 24.5 Å². The fourth-order valence-corrected chi connectivity index (χ4v) is 1.41. The molecule has 0 fully saturated rings. The van der Waals surface area contributed by atoms with Crippen molar-refractivity contribution in [3.05, 3.63) is 34.6 Å². The summed E-state index contributed by atoms with van der Waals surface area (Å²) in [6.45, 7) is 0.648. The average Bonchev–Trinajstić information content (AvgIpc) is 2.35. The van der Waals surface area contributed by atoms with Crippen LogP contribution in [-0.2, 0) is 0 Å². The molecule has 7 heteroatoms. The SMILES string of the molecule is NCCOc1ncnc2ccc([N+](=O)[O-])cc12. The number of non-ortho nitro benzene ring substituents is 1. The van der Waals surface area contributed by atoms with Gasteiger partial charge in [0.05, 0.1) is 15.8 Å². The van der Waals surface area contributed by atoms with Crippen molar-refractivity contribution in [1.29, 1.82) is 0 Å². The maximum atomic E-state index is 10.7. The van der Waals surface area contributed by atoms with Crippen molar-refractivity contribution in [2.24, 2.45) is 5.73 Å². The molecule has 17 heavy (non-hydrogen) atoms. The van der Waals surface area contributed by atoms with E-state index in [1.165, 1.54) is 18.5 Å². The zero-order chi connectivity index (χ0) is 12.3. The van der Waals surface area contributed by atoms with Crippen LogP contribution in [0.3, 0.4) is 0 Å². The maximum absolute atomic E-state index is 10.7. The summed E-state index contributed by atoms with van der Waals surface area (Å²) in [5.41, 5.74) is 5.89. The molecule has 2 rings (SSSR count). The van der Waals surface area contributed by atoms with E-state index in [2.05, 4.69) is 9.97 Å². The molecule has 1 heterocycles. The normalized spacial score (nSPS) is 10.4. The lowest BCUT2D eigenvalue weighted by Gasteiger charge is -2.05. The molecular formula is C10H10N4O3. The van der Waals surface area contributed by atoms with Crippen molar-refractivity contribution in [2.45, 2.75) is 0 Å². The highest BCUT2D eigenvalue weighted by Crippen LogP contribution is 2.25. The first-order valence-corrected chi connectivity index (χ1v) is 4.94. The van der Waals surface area contributed by atoms with Gasteiger partial charge in [0.15, 0.2) is 0 Å². The van der Waals surface area contributed by atoms with E-state index in [4.69, 9.17) is 10.5 Å². The van der Waals surface area contributed by atoms with Gasteiger partial charge in [-0.3, -0.25) is 10.1 Å². The minimum Gasteiger partial charge on any atom is -0.476 e. The van der Waals surface area contributed by atoms with Gasteiger partial charge in [0.25, 0.3) is 5.69 Å². The Hall–Kier alpha value is -2.28. The van der Waals surface area contributed by atoms with Gasteiger partial charge >= 0.3 is 0 Å². The van der Waals surface area contributed by atoms with E-state index >= 15 is 0 Å². The number of hydrogen-bond donors (Lipinski definition) is 1. The maximum Gasteiger partial charge on any atom is 0.270 e. The molecule has 1 aromatic heterocycles. The number of nitro groups is 1. The standard InChI is InChI=1S/C10H10N4O3/c11-3-4-17-10-8-5-7(14(15)16)1-2-9(8)12-6-13-10/h1-2,5-6H,3-4,11H2. The number of hydrogen-bond acceptors (Lipinski definition) is 6. The molecule has 2 N–H and O–H groups in total. The van der Waals surface area contributed by atoms with Crippen LogP contribution in [0.2, 0.25) is 0 Å². The summed E-state index contributed by atoms with van der Waals surface area (Å²) in [6.07, 6.45) is 1.35. The Morgan fingerprint density at radius 1 is 1.41 bits per heavy atom. The monoisotopic (exact) mass is 234 g/mol. The molecule has 0 saturated carbocycles. The van der Waals surface area contributed by atoms with Crippen molar-refractivity contribution >= 4 is 16.6 Å². The first-order chi connectivity index (χ1) is 8.22. The van der Waals surface area contributed by atoms with E-state index in [1.54, 1.807) is 6.07 Å². The Morgan fingerprint density at radius 2 is 2.24 bits per heavy atom. The fourth-order valence-electron chi connectivity index (χ4n) is 1.41. The largest absolute Gasteiger partial charge is 0.476 e. The molecular weight excluding hydrogens is 224 g/mol. The Bertz CT molecular complexity index is 558. The van der Waals surface area contributed by atoms with Gasteiger partial charge in [-0.15, -0.1) is 0 Å². The van der Waals surface area contributed by atoms with E-state index < -0.39 is 4.92 Å². The topological polar surface area (TPSA) is 104 Å². The first kappa shape index (κ1) is 11.2. The Labute approximate surface area is 96.4 Å². The van der Waals surface area contributed by atoms with Crippen LogP contribution in [0.25, 0.3) is 10.9 Å². The minimum atomic E-state index is -0.473. The predicted molar refractivity (Wildman–Crippen MR) is 60.7 cm³/mol. The summed E-state index contributed by atoms with van der Waals surface area (Å²) in [6, 6.07) is 4.34. The van der Waals surface area contributed by atoms with Crippen molar-refractivity contribution < 1.29 is 9.66 Å². The number of nitrogens with zero attached hydrogens (tertiary/aromatic N) is 3. The molecule has 0 atom stereocenters. The summed E-state index contributed by atoms with van der Waals surface area (Å²) in [5.74, 6) is 0.309. The summed E-state index contributed by atoms with van der Waals surface area (Å²) in [5, 5.41) is 11.2. The second-order valence-electron chi connectivity index (χ2n) is 3.27. The van der Waals surface area contributed by atoms with E-state index in [0.29, 0.717) is 29.9 Å². The van der Waals surface area contributed by atoms with E-state index in [9.17, 15) is 10.1 Å². The molecule has 2 aromatic rings. The van der Waals surface area contributed by atoms with Crippen LogP contribution in [0.5, 0.6) is 5.88 Å². The van der Waals surface area contributed by atoms with Crippen LogP contribution in [0.4, 0.5) is 5.69 Å². The number of benzene rings is 1. The molecule has 0 saturated heterocycles. The van der Waals surface area contributed by atoms with Gasteiger partial charge in [-0.05, 0) is 6.07 Å². The molecule has 0 aliphatic heterocycles. The van der Waals surface area contributed by atoms with Gasteiger partial charge in [0, 0.05) is 18.7 Å². The zero-order valence-corrected chi connectivity index (χ0v) is 8.87. The second-order valence-corrected chi connectivity index (χ2v) is 3.27. The van der Waals surface area contributed by atoms with Gasteiger partial charge in [-0.2, -0.15) is 0 Å². The highest BCUT2D eigenvalue weighted by molar-refractivity contribution is 5.85. The third-order valence-corrected chi connectivity index (χ3v) is 2.15. The summed E-state index contributed by atoms with van der Waals surface area (Å²) >= 11 is 0. The summed E-state index contributed by atoms with van der Waals surface area (Å²) in [4.78, 5) is 18.1. The Morgan fingerprint density at radius 3 is 2.94 bits per heavy atom. The van der Waals surface area contributed by atoms with Crippen molar-refractivity contribution in [3.8, 4) is 5.88 Å². The Kier molecular flexibility index (Phi) is 3.10. The second kappa shape index (κ2) is 4.71. The molecule has 0 bridgehead atoms. The number of nitrogens with two attached hydrogens (primary N) is 1. The molecule has 0 spiro atoms. The number of ether oxygens (including phenoxy) is 1. The van der Waals surface area contributed by atoms with Crippen LogP contribution < -0.4 is 10.5 Å². The lowest BCUT2D eigenvalue weighted by molar-refractivity contribution is -0.384. The Balaban J connectivity index is 2.51. The molecule has 88 valence electrons. The molecule has 0 amide bonds. The molecule has 7 nitrogen and oxygen atoms in total. The highest BCUT2D eigenvalue weighted by Gasteiger charge is 2.11. The third-order valence-electron chi connectivity index (χ3n) is 2.15. The predicted octanol–water partition coefficient (Wildman–Crippen LogP) is 0.875. The quantitative estimate of drug-likeness (QED) is 0.621. The van der Waals surface area contributed by atoms with Crippen molar-refractivity contribution in [3.63, 3.8) is 0 Å². The van der Waals surface area contributed by atoms with Gasteiger partial charge < -0.3 is 10.5 Å². The molecule has 0 radical (unpaired) electrons. The summed E-state index contributed by atoms with van der Waals surface area (Å²) < 4.78 is 5.30. The number of rotatable bonds is 4. The lowest BCUT2D eigenvalue weighted by Crippen LogP contribution is -2.11. The number of fused-ring (bicyclic) bond motifs is 1. The highest BCUT2D eigenvalue weighted by atomic mass is 16.6. The zero-order valence-electron chi connectivity index (χ0n) is 8.87. The molecule has 0 aliphatic rings. The fraction of sp³-hybridized carbons (Fsp3) is 0.200. The van der Waals surface area contributed by atoms with Crippen LogP contribution >= 0.6 is 0 Å². The number of aromatic nitrogens is 2. The molecule has 0 aliphatic carbocycles. The third kappa shape index (κ3) is 2.28. The van der Waals surface area contributed by atoms with Gasteiger partial charge in [-0.25, -0.2) is 9.97 Å². The van der Waals surface area contributed by atoms with Crippen molar-refractivity contribution in [1.82, 2.24) is 9.97 Å². The summed E-state index contributed by atoms with van der Waals surface area (Å²) in [7, 11) is 0. The van der Waals surface area contributed by atoms with Crippen molar-refractivity contribution in [2.75, 3.05) is 13.2 Å². The van der Waals surface area contributed by atoms with Crippen LogP contribution in [0, 0.1) is 10.1 Å². The van der Waals surface area contributed by atoms with E-state index in [-0.39, 0.29) is 5.69 Å².